The van der Waals surface area contributed by atoms with Crippen molar-refractivity contribution in [2.75, 3.05) is 6.54 Å². The predicted molar refractivity (Wildman–Crippen MR) is 97.0 cm³/mol. The molecule has 1 amide bonds. The molecule has 1 heterocycles. The molecule has 1 aromatic carbocycles. The molecule has 1 saturated carbocycles. The smallest absolute Gasteiger partial charge is 0.251 e. The summed E-state index contributed by atoms with van der Waals surface area (Å²) < 4.78 is 27.8. The summed E-state index contributed by atoms with van der Waals surface area (Å²) in [6.45, 7) is 2.98. The van der Waals surface area contributed by atoms with Gasteiger partial charge in [0.05, 0.1) is 4.90 Å². The number of carbonyl (C=O) groups excluding carboxylic acids is 1. The second kappa shape index (κ2) is 7.85. The first-order valence-electron chi connectivity index (χ1n) is 9.11. The fraction of sp³-hybridized carbons (Fsp3) is 0.611. The summed E-state index contributed by atoms with van der Waals surface area (Å²) in [5.41, 5.74) is 0.389. The quantitative estimate of drug-likeness (QED) is 0.742. The summed E-state index contributed by atoms with van der Waals surface area (Å²) in [6.07, 6.45) is 5.65. The fourth-order valence-corrected chi connectivity index (χ4v) is 5.02. The lowest BCUT2D eigenvalue weighted by atomic mass is 10.0. The van der Waals surface area contributed by atoms with Gasteiger partial charge >= 0.3 is 0 Å². The number of benzene rings is 1. The first-order chi connectivity index (χ1) is 11.9. The van der Waals surface area contributed by atoms with Crippen molar-refractivity contribution in [3.05, 3.63) is 29.8 Å². The number of sulfonamides is 1. The van der Waals surface area contributed by atoms with Crippen molar-refractivity contribution in [3.8, 4) is 0 Å². The van der Waals surface area contributed by atoms with Crippen molar-refractivity contribution >= 4 is 15.9 Å². The van der Waals surface area contributed by atoms with Crippen molar-refractivity contribution in [1.29, 1.82) is 0 Å². The van der Waals surface area contributed by atoms with Gasteiger partial charge in [0.25, 0.3) is 5.91 Å². The Bertz CT molecular complexity index is 714. The number of nitrogens with one attached hydrogen (secondary N) is 3. The molecule has 1 aliphatic carbocycles. The van der Waals surface area contributed by atoms with Crippen molar-refractivity contribution in [2.24, 2.45) is 0 Å². The maximum absolute atomic E-state index is 12.5. The Morgan fingerprint density at radius 1 is 1.16 bits per heavy atom. The van der Waals surface area contributed by atoms with Crippen LogP contribution in [-0.2, 0) is 10.0 Å². The Kier molecular flexibility index (Phi) is 5.76. The summed E-state index contributed by atoms with van der Waals surface area (Å²) in [7, 11) is -3.58. The summed E-state index contributed by atoms with van der Waals surface area (Å²) in [6, 6.07) is 6.82. The van der Waals surface area contributed by atoms with E-state index in [0.717, 1.165) is 45.1 Å². The summed E-state index contributed by atoms with van der Waals surface area (Å²) in [4.78, 5) is 12.7. The molecule has 2 unspecified atom stereocenters. The number of hydrogen-bond donors (Lipinski definition) is 3. The molecule has 3 N–H and O–H groups in total. The summed E-state index contributed by atoms with van der Waals surface area (Å²) in [5.74, 6) is -0.211. The number of carbonyl (C=O) groups is 1. The molecule has 1 aromatic rings. The van der Waals surface area contributed by atoms with Gasteiger partial charge in [-0.25, -0.2) is 13.1 Å². The molecule has 0 aromatic heterocycles. The first-order valence-corrected chi connectivity index (χ1v) is 10.6. The average Bonchev–Trinajstić information content (AvgIpc) is 3.07. The minimum Gasteiger partial charge on any atom is -0.349 e. The second-order valence-electron chi connectivity index (χ2n) is 7.18. The molecule has 25 heavy (non-hydrogen) atoms. The lowest BCUT2D eigenvalue weighted by Crippen LogP contribution is -2.46. The van der Waals surface area contributed by atoms with Gasteiger partial charge < -0.3 is 10.6 Å². The standard InChI is InChI=1S/C18H27N3O3S/c1-13-11-16(9-10-19-13)20-18(22)14-5-4-8-17(12-14)25(23,24)21-15-6-2-3-7-15/h4-5,8,12-13,15-16,19,21H,2-3,6-7,9-11H2,1H3,(H,20,22). The lowest BCUT2D eigenvalue weighted by molar-refractivity contribution is 0.0925. The van der Waals surface area contributed by atoms with E-state index in [0.29, 0.717) is 11.6 Å². The van der Waals surface area contributed by atoms with Crippen LogP contribution in [0.3, 0.4) is 0 Å². The number of rotatable bonds is 5. The van der Waals surface area contributed by atoms with E-state index in [9.17, 15) is 13.2 Å². The van der Waals surface area contributed by atoms with E-state index < -0.39 is 10.0 Å². The molecule has 6 nitrogen and oxygen atoms in total. The van der Waals surface area contributed by atoms with Crippen LogP contribution in [-0.4, -0.2) is 39.0 Å². The van der Waals surface area contributed by atoms with E-state index in [2.05, 4.69) is 22.3 Å². The van der Waals surface area contributed by atoms with Crippen LogP contribution >= 0.6 is 0 Å². The molecule has 1 saturated heterocycles. The van der Waals surface area contributed by atoms with Crippen molar-refractivity contribution in [1.82, 2.24) is 15.4 Å². The third-order valence-corrected chi connectivity index (χ3v) is 6.56. The monoisotopic (exact) mass is 365 g/mol. The van der Waals surface area contributed by atoms with E-state index >= 15 is 0 Å². The highest BCUT2D eigenvalue weighted by Gasteiger charge is 2.24. The maximum Gasteiger partial charge on any atom is 0.251 e. The molecular weight excluding hydrogens is 338 g/mol. The van der Waals surface area contributed by atoms with Crippen LogP contribution in [0, 0.1) is 0 Å². The number of hydrogen-bond acceptors (Lipinski definition) is 4. The minimum absolute atomic E-state index is 0.0127. The molecule has 0 bridgehead atoms. The van der Waals surface area contributed by atoms with E-state index in [1.54, 1.807) is 18.2 Å². The number of amides is 1. The molecule has 1 aliphatic heterocycles. The van der Waals surface area contributed by atoms with E-state index in [1.807, 2.05) is 0 Å². The van der Waals surface area contributed by atoms with Crippen LogP contribution in [0.4, 0.5) is 0 Å². The maximum atomic E-state index is 12.5. The lowest BCUT2D eigenvalue weighted by Gasteiger charge is -2.28. The van der Waals surface area contributed by atoms with Crippen LogP contribution in [0.2, 0.25) is 0 Å². The van der Waals surface area contributed by atoms with Gasteiger partial charge in [-0.05, 0) is 57.4 Å². The Balaban J connectivity index is 1.68. The topological polar surface area (TPSA) is 87.3 Å². The third-order valence-electron chi connectivity index (χ3n) is 5.04. The molecule has 0 spiro atoms. The van der Waals surface area contributed by atoms with Crippen LogP contribution in [0.1, 0.15) is 55.8 Å². The van der Waals surface area contributed by atoms with Crippen LogP contribution in [0.25, 0.3) is 0 Å². The Labute approximate surface area is 149 Å². The first kappa shape index (κ1) is 18.4. The van der Waals surface area contributed by atoms with Gasteiger partial charge in [0, 0.05) is 23.7 Å². The number of piperidine rings is 1. The summed E-state index contributed by atoms with van der Waals surface area (Å²) >= 11 is 0. The van der Waals surface area contributed by atoms with Crippen LogP contribution < -0.4 is 15.4 Å². The zero-order chi connectivity index (χ0) is 17.9. The van der Waals surface area contributed by atoms with E-state index in [4.69, 9.17) is 0 Å². The second-order valence-corrected chi connectivity index (χ2v) is 8.89. The van der Waals surface area contributed by atoms with E-state index in [1.165, 1.54) is 6.07 Å². The van der Waals surface area contributed by atoms with Crippen LogP contribution in [0.5, 0.6) is 0 Å². The van der Waals surface area contributed by atoms with Crippen LogP contribution in [0.15, 0.2) is 29.2 Å². The Morgan fingerprint density at radius 2 is 1.92 bits per heavy atom. The fourth-order valence-electron chi connectivity index (χ4n) is 3.67. The molecule has 2 fully saturated rings. The van der Waals surface area contributed by atoms with Gasteiger partial charge in [-0.2, -0.15) is 0 Å². The van der Waals surface area contributed by atoms with Gasteiger partial charge in [-0.3, -0.25) is 4.79 Å². The largest absolute Gasteiger partial charge is 0.349 e. The highest BCUT2D eigenvalue weighted by atomic mass is 32.2. The van der Waals surface area contributed by atoms with Gasteiger partial charge in [0.2, 0.25) is 10.0 Å². The minimum atomic E-state index is -3.58. The van der Waals surface area contributed by atoms with Crippen molar-refractivity contribution in [3.63, 3.8) is 0 Å². The zero-order valence-corrected chi connectivity index (χ0v) is 15.4. The van der Waals surface area contributed by atoms with Crippen molar-refractivity contribution in [2.45, 2.75) is 68.5 Å². The molecule has 0 radical (unpaired) electrons. The highest BCUT2D eigenvalue weighted by molar-refractivity contribution is 7.89. The normalized spacial score (nSPS) is 25.0. The van der Waals surface area contributed by atoms with E-state index in [-0.39, 0.29) is 22.9 Å². The average molecular weight is 365 g/mol. The van der Waals surface area contributed by atoms with Crippen molar-refractivity contribution < 1.29 is 13.2 Å². The Morgan fingerprint density at radius 3 is 2.64 bits per heavy atom. The molecule has 3 rings (SSSR count). The molecule has 2 atom stereocenters. The molecule has 2 aliphatic rings. The highest BCUT2D eigenvalue weighted by Crippen LogP contribution is 2.21. The third kappa shape index (κ3) is 4.80. The molecule has 138 valence electrons. The van der Waals surface area contributed by atoms with Gasteiger partial charge in [0.15, 0.2) is 0 Å². The van der Waals surface area contributed by atoms with Gasteiger partial charge in [-0.15, -0.1) is 0 Å². The molecule has 7 heteroatoms. The van der Waals surface area contributed by atoms with Gasteiger partial charge in [0.1, 0.15) is 0 Å². The SMILES string of the molecule is CC1CC(NC(=O)c2cccc(S(=O)(=O)NC3CCCC3)c2)CCN1. The van der Waals surface area contributed by atoms with Gasteiger partial charge in [-0.1, -0.05) is 18.9 Å². The Hall–Kier alpha value is -1.44. The molecular formula is C18H27N3O3S. The predicted octanol–water partition coefficient (Wildman–Crippen LogP) is 1.78. The zero-order valence-electron chi connectivity index (χ0n) is 14.6. The summed E-state index contributed by atoms with van der Waals surface area (Å²) in [5, 5.41) is 6.37.